The zero-order chi connectivity index (χ0) is 20.5. The van der Waals surface area contributed by atoms with Crippen molar-refractivity contribution < 1.29 is 13.7 Å². The van der Waals surface area contributed by atoms with E-state index in [-0.39, 0.29) is 0 Å². The highest BCUT2D eigenvalue weighted by atomic mass is 32.2. The molecule has 2 heterocycles. The predicted molar refractivity (Wildman–Crippen MR) is 118 cm³/mol. The molecule has 0 saturated heterocycles. The van der Waals surface area contributed by atoms with E-state index in [0.29, 0.717) is 10.9 Å². The van der Waals surface area contributed by atoms with Crippen molar-refractivity contribution in [3.05, 3.63) is 47.8 Å². The summed E-state index contributed by atoms with van der Waals surface area (Å²) < 4.78 is 23.4. The minimum absolute atomic E-state index is 0.350. The second kappa shape index (κ2) is 11.4. The zero-order valence-corrected chi connectivity index (χ0v) is 18.5. The minimum Gasteiger partial charge on any atom is -0.385 e. The monoisotopic (exact) mass is 433 g/mol. The van der Waals surface area contributed by atoms with E-state index in [1.807, 2.05) is 37.3 Å². The first-order valence-corrected chi connectivity index (χ1v) is 12.0. The third-order valence-electron chi connectivity index (χ3n) is 4.44. The van der Waals surface area contributed by atoms with Gasteiger partial charge in [0.05, 0.1) is 33.3 Å². The van der Waals surface area contributed by atoms with Gasteiger partial charge in [0.2, 0.25) is 0 Å². The fraction of sp³-hybridized carbons (Fsp3) is 0.429. The first kappa shape index (κ1) is 22.0. The van der Waals surface area contributed by atoms with Gasteiger partial charge in [0, 0.05) is 43.8 Å². The van der Waals surface area contributed by atoms with E-state index in [0.717, 1.165) is 60.7 Å². The van der Waals surface area contributed by atoms with Crippen LogP contribution in [0.1, 0.15) is 24.1 Å². The Hall–Kier alpha value is -1.74. The largest absolute Gasteiger partial charge is 0.385 e. The molecule has 1 atom stereocenters. The van der Waals surface area contributed by atoms with Gasteiger partial charge in [-0.25, -0.2) is 4.98 Å². The summed E-state index contributed by atoms with van der Waals surface area (Å²) in [4.78, 5) is 13.2. The number of hydrogen-bond acceptors (Lipinski definition) is 6. The maximum atomic E-state index is 12.8. The summed E-state index contributed by atoms with van der Waals surface area (Å²) >= 11 is 1.79. The minimum atomic E-state index is -1.27. The molecular formula is C21H27N3O3S2. The topological polar surface area (TPSA) is 77.1 Å². The average molecular weight is 434 g/mol. The molecular weight excluding hydrogens is 406 g/mol. The molecule has 1 unspecified atom stereocenters. The van der Waals surface area contributed by atoms with Crippen LogP contribution in [0.5, 0.6) is 0 Å². The van der Waals surface area contributed by atoms with Gasteiger partial charge in [0.25, 0.3) is 0 Å². The number of fused-ring (bicyclic) bond motifs is 1. The maximum absolute atomic E-state index is 12.8. The number of H-pyrrole nitrogens is 1. The van der Waals surface area contributed by atoms with Gasteiger partial charge in [-0.15, -0.1) is 11.8 Å². The van der Waals surface area contributed by atoms with Crippen molar-refractivity contribution in [2.75, 3.05) is 32.7 Å². The molecule has 0 bridgehead atoms. The molecule has 2 aromatic heterocycles. The number of pyridine rings is 1. The highest BCUT2D eigenvalue weighted by Crippen LogP contribution is 2.25. The molecule has 0 aliphatic carbocycles. The van der Waals surface area contributed by atoms with Crippen LogP contribution < -0.4 is 0 Å². The fourth-order valence-electron chi connectivity index (χ4n) is 2.84. The Kier molecular flexibility index (Phi) is 8.67. The van der Waals surface area contributed by atoms with Gasteiger partial charge in [-0.3, -0.25) is 9.19 Å². The smallest absolute Gasteiger partial charge is 0.197 e. The molecule has 3 aromatic rings. The number of aromatic amines is 1. The Morgan fingerprint density at radius 1 is 1.14 bits per heavy atom. The molecule has 1 N–H and O–H groups in total. The molecule has 0 radical (unpaired) electrons. The van der Waals surface area contributed by atoms with Crippen molar-refractivity contribution in [1.29, 1.82) is 0 Å². The van der Waals surface area contributed by atoms with Crippen molar-refractivity contribution in [3.8, 4) is 0 Å². The van der Waals surface area contributed by atoms with Crippen LogP contribution >= 0.6 is 11.8 Å². The second-order valence-corrected chi connectivity index (χ2v) is 9.09. The van der Waals surface area contributed by atoms with Crippen LogP contribution in [0, 0.1) is 6.92 Å². The number of methoxy groups -OCH3 is 1. The van der Waals surface area contributed by atoms with Gasteiger partial charge < -0.3 is 14.5 Å². The average Bonchev–Trinajstić information content (AvgIpc) is 3.17. The van der Waals surface area contributed by atoms with Crippen molar-refractivity contribution in [3.63, 3.8) is 0 Å². The van der Waals surface area contributed by atoms with Crippen molar-refractivity contribution >= 4 is 33.6 Å². The Balaban J connectivity index is 1.52. The van der Waals surface area contributed by atoms with E-state index in [2.05, 4.69) is 15.0 Å². The number of rotatable bonds is 12. The first-order chi connectivity index (χ1) is 14.2. The molecule has 0 amide bonds. The maximum Gasteiger partial charge on any atom is 0.197 e. The molecule has 0 spiro atoms. The number of nitrogens with one attached hydrogen (secondary N) is 1. The Bertz CT molecular complexity index is 913. The molecule has 1 aromatic carbocycles. The lowest BCUT2D eigenvalue weighted by Crippen LogP contribution is -2.04. The van der Waals surface area contributed by atoms with Gasteiger partial charge in [-0.05, 0) is 43.5 Å². The second-order valence-electron chi connectivity index (χ2n) is 6.59. The molecule has 0 aliphatic rings. The summed E-state index contributed by atoms with van der Waals surface area (Å²) in [5.74, 6) is 1.32. The van der Waals surface area contributed by atoms with Gasteiger partial charge in [-0.1, -0.05) is 12.1 Å². The Labute approximate surface area is 178 Å². The predicted octanol–water partition coefficient (Wildman–Crippen LogP) is 4.11. The lowest BCUT2D eigenvalue weighted by molar-refractivity contribution is 0.104. The van der Waals surface area contributed by atoms with Gasteiger partial charge in [0.1, 0.15) is 0 Å². The summed E-state index contributed by atoms with van der Waals surface area (Å²) in [6.07, 6.45) is 3.71. The van der Waals surface area contributed by atoms with E-state index in [1.165, 1.54) is 4.90 Å². The molecule has 6 nitrogen and oxygen atoms in total. The highest BCUT2D eigenvalue weighted by molar-refractivity contribution is 7.99. The van der Waals surface area contributed by atoms with Gasteiger partial charge in [0.15, 0.2) is 5.16 Å². The summed E-state index contributed by atoms with van der Waals surface area (Å²) in [6, 6.07) is 9.73. The number of benzene rings is 1. The molecule has 0 fully saturated rings. The lowest BCUT2D eigenvalue weighted by atomic mass is 10.2. The van der Waals surface area contributed by atoms with Crippen molar-refractivity contribution in [2.45, 2.75) is 35.6 Å². The molecule has 29 heavy (non-hydrogen) atoms. The van der Waals surface area contributed by atoms with E-state index in [9.17, 15) is 4.21 Å². The number of para-hydroxylation sites is 2. The van der Waals surface area contributed by atoms with Crippen LogP contribution in [0.25, 0.3) is 11.0 Å². The van der Waals surface area contributed by atoms with E-state index in [1.54, 1.807) is 25.1 Å². The lowest BCUT2D eigenvalue weighted by Gasteiger charge is -2.10. The van der Waals surface area contributed by atoms with E-state index < -0.39 is 10.8 Å². The summed E-state index contributed by atoms with van der Waals surface area (Å²) in [7, 11) is 0.435. The van der Waals surface area contributed by atoms with Gasteiger partial charge >= 0.3 is 0 Å². The highest BCUT2D eigenvalue weighted by Gasteiger charge is 2.14. The SMILES string of the molecule is COCCCOCCCSc1ccnc(CS(=O)c2nc3ccccc3[nH]2)c1C. The fourth-order valence-corrected chi connectivity index (χ4v) is 4.91. The van der Waals surface area contributed by atoms with E-state index >= 15 is 0 Å². The summed E-state index contributed by atoms with van der Waals surface area (Å²) in [5.41, 5.74) is 3.66. The Morgan fingerprint density at radius 3 is 2.79 bits per heavy atom. The number of nitrogens with zero attached hydrogens (tertiary/aromatic N) is 2. The van der Waals surface area contributed by atoms with Crippen LogP contribution in [0.3, 0.4) is 0 Å². The van der Waals surface area contributed by atoms with Crippen LogP contribution in [-0.4, -0.2) is 51.8 Å². The number of thioether (sulfide) groups is 1. The third kappa shape index (κ3) is 6.37. The van der Waals surface area contributed by atoms with Crippen LogP contribution in [-0.2, 0) is 26.0 Å². The van der Waals surface area contributed by atoms with Crippen molar-refractivity contribution in [2.24, 2.45) is 0 Å². The summed E-state index contributed by atoms with van der Waals surface area (Å²) in [6.45, 7) is 4.28. The molecule has 0 saturated carbocycles. The van der Waals surface area contributed by atoms with Crippen LogP contribution in [0.15, 0.2) is 46.6 Å². The van der Waals surface area contributed by atoms with Crippen LogP contribution in [0.2, 0.25) is 0 Å². The molecule has 8 heteroatoms. The zero-order valence-electron chi connectivity index (χ0n) is 16.8. The number of hydrogen-bond donors (Lipinski definition) is 1. The number of aromatic nitrogens is 3. The van der Waals surface area contributed by atoms with Crippen molar-refractivity contribution in [1.82, 2.24) is 15.0 Å². The third-order valence-corrected chi connectivity index (χ3v) is 6.84. The number of imidazole rings is 1. The molecule has 3 rings (SSSR count). The molecule has 0 aliphatic heterocycles. The molecule has 156 valence electrons. The Morgan fingerprint density at radius 2 is 1.97 bits per heavy atom. The summed E-state index contributed by atoms with van der Waals surface area (Å²) in [5, 5.41) is 0.496. The van der Waals surface area contributed by atoms with E-state index in [4.69, 9.17) is 9.47 Å². The quantitative estimate of drug-likeness (QED) is 0.342. The van der Waals surface area contributed by atoms with Gasteiger partial charge in [-0.2, -0.15) is 0 Å². The van der Waals surface area contributed by atoms with Crippen LogP contribution in [0.4, 0.5) is 0 Å². The number of ether oxygens (including phenoxy) is 2. The normalized spacial score (nSPS) is 12.5. The standard InChI is InChI=1S/C21H27N3O3S2/c1-16-19(15-29(25)21-23-17-7-3-4-8-18(17)24-21)22-10-9-20(16)28-14-6-13-27-12-5-11-26-2/h3-4,7-10H,5-6,11-15H2,1-2H3,(H,23,24). The first-order valence-electron chi connectivity index (χ1n) is 9.66.